The molecule has 0 heterocycles. The highest BCUT2D eigenvalue weighted by atomic mass is 35.5. The second-order valence-corrected chi connectivity index (χ2v) is 9.47. The lowest BCUT2D eigenvalue weighted by Gasteiger charge is -2.14. The van der Waals surface area contributed by atoms with E-state index in [1.165, 1.54) is 6.07 Å². The summed E-state index contributed by atoms with van der Waals surface area (Å²) in [4.78, 5) is 12.7. The molecule has 0 saturated heterocycles. The van der Waals surface area contributed by atoms with Gasteiger partial charge in [-0.1, -0.05) is 41.4 Å². The largest absolute Gasteiger partial charge is 0.322 e. The van der Waals surface area contributed by atoms with Crippen LogP contribution in [0.5, 0.6) is 0 Å². The van der Waals surface area contributed by atoms with Crippen LogP contribution in [0.2, 0.25) is 10.0 Å². The first-order chi connectivity index (χ1) is 14.1. The number of benzene rings is 3. The molecule has 0 aliphatic rings. The van der Waals surface area contributed by atoms with Gasteiger partial charge in [-0.3, -0.25) is 9.52 Å². The number of halogens is 2. The van der Waals surface area contributed by atoms with Crippen LogP contribution in [0.3, 0.4) is 0 Å². The number of nitrogens with one attached hydrogen (secondary N) is 2. The standard InChI is InChI=1S/C22H20Cl2N2O3S/c1-13-5-4-6-20(15(13)3)26-30(28,29)21-9-16(8-7-14(21)2)22(27)25-19-11-17(23)10-18(24)12-19/h4-12,26H,1-3H3,(H,25,27). The van der Waals surface area contributed by atoms with Crippen LogP contribution in [0.15, 0.2) is 59.5 Å². The van der Waals surface area contributed by atoms with Gasteiger partial charge in [-0.05, 0) is 73.9 Å². The van der Waals surface area contributed by atoms with Crippen molar-refractivity contribution in [2.75, 3.05) is 10.0 Å². The summed E-state index contributed by atoms with van der Waals surface area (Å²) in [6.07, 6.45) is 0. The highest BCUT2D eigenvalue weighted by molar-refractivity contribution is 7.92. The molecular formula is C22H20Cl2N2O3S. The molecule has 0 spiro atoms. The summed E-state index contributed by atoms with van der Waals surface area (Å²) in [5, 5.41) is 3.44. The zero-order chi connectivity index (χ0) is 22.1. The van der Waals surface area contributed by atoms with Gasteiger partial charge in [0.1, 0.15) is 0 Å². The van der Waals surface area contributed by atoms with Crippen molar-refractivity contribution in [1.82, 2.24) is 0 Å². The van der Waals surface area contributed by atoms with Crippen molar-refractivity contribution >= 4 is 50.5 Å². The Kier molecular flexibility index (Phi) is 6.41. The van der Waals surface area contributed by atoms with Gasteiger partial charge in [-0.15, -0.1) is 0 Å². The third-order valence-electron chi connectivity index (χ3n) is 4.71. The summed E-state index contributed by atoms with van der Waals surface area (Å²) in [6, 6.07) is 14.6. The van der Waals surface area contributed by atoms with E-state index in [0.717, 1.165) is 11.1 Å². The van der Waals surface area contributed by atoms with Crippen molar-refractivity contribution in [3.63, 3.8) is 0 Å². The Morgan fingerprint density at radius 3 is 2.20 bits per heavy atom. The van der Waals surface area contributed by atoms with E-state index in [-0.39, 0.29) is 10.5 Å². The van der Waals surface area contributed by atoms with Gasteiger partial charge in [0, 0.05) is 21.3 Å². The molecule has 0 aromatic heterocycles. The first-order valence-corrected chi connectivity index (χ1v) is 11.3. The third kappa shape index (κ3) is 4.95. The van der Waals surface area contributed by atoms with Crippen LogP contribution in [0.4, 0.5) is 11.4 Å². The summed E-state index contributed by atoms with van der Waals surface area (Å²) < 4.78 is 28.7. The van der Waals surface area contributed by atoms with Crippen LogP contribution in [-0.2, 0) is 10.0 Å². The summed E-state index contributed by atoms with van der Waals surface area (Å²) in [6.45, 7) is 5.43. The first kappa shape index (κ1) is 22.2. The zero-order valence-electron chi connectivity index (χ0n) is 16.6. The zero-order valence-corrected chi connectivity index (χ0v) is 18.9. The number of rotatable bonds is 5. The number of hydrogen-bond donors (Lipinski definition) is 2. The van der Waals surface area contributed by atoms with Crippen LogP contribution >= 0.6 is 23.2 Å². The van der Waals surface area contributed by atoms with E-state index in [1.807, 2.05) is 19.9 Å². The quantitative estimate of drug-likeness (QED) is 0.490. The van der Waals surface area contributed by atoms with E-state index in [9.17, 15) is 13.2 Å². The lowest BCUT2D eigenvalue weighted by atomic mass is 10.1. The van der Waals surface area contributed by atoms with Crippen molar-refractivity contribution in [1.29, 1.82) is 0 Å². The molecule has 0 fully saturated rings. The SMILES string of the molecule is Cc1ccc(C(=O)Nc2cc(Cl)cc(Cl)c2)cc1S(=O)(=O)Nc1cccc(C)c1C. The molecular weight excluding hydrogens is 443 g/mol. The van der Waals surface area contributed by atoms with Crippen molar-refractivity contribution in [3.05, 3.63) is 86.9 Å². The molecule has 0 atom stereocenters. The normalized spacial score (nSPS) is 11.2. The predicted molar refractivity (Wildman–Crippen MR) is 122 cm³/mol. The van der Waals surface area contributed by atoms with Crippen LogP contribution < -0.4 is 10.0 Å². The molecule has 3 aromatic carbocycles. The minimum atomic E-state index is -3.90. The number of sulfonamides is 1. The maximum absolute atomic E-state index is 13.0. The van der Waals surface area contributed by atoms with E-state index in [0.29, 0.717) is 27.0 Å². The smallest absolute Gasteiger partial charge is 0.262 e. The van der Waals surface area contributed by atoms with Crippen molar-refractivity contribution in [2.24, 2.45) is 0 Å². The number of aryl methyl sites for hydroxylation is 2. The minimum Gasteiger partial charge on any atom is -0.322 e. The Labute approximate surface area is 186 Å². The van der Waals surface area contributed by atoms with E-state index in [2.05, 4.69) is 10.0 Å². The average molecular weight is 463 g/mol. The Morgan fingerprint density at radius 2 is 1.53 bits per heavy atom. The van der Waals surface area contributed by atoms with Crippen LogP contribution in [0.25, 0.3) is 0 Å². The molecule has 0 aliphatic heterocycles. The van der Waals surface area contributed by atoms with Gasteiger partial charge in [-0.25, -0.2) is 8.42 Å². The monoisotopic (exact) mass is 462 g/mol. The topological polar surface area (TPSA) is 75.3 Å². The molecule has 1 amide bonds. The Morgan fingerprint density at radius 1 is 0.867 bits per heavy atom. The molecule has 0 saturated carbocycles. The number of hydrogen-bond acceptors (Lipinski definition) is 3. The maximum Gasteiger partial charge on any atom is 0.262 e. The molecule has 3 rings (SSSR count). The van der Waals surface area contributed by atoms with Crippen molar-refractivity contribution in [3.8, 4) is 0 Å². The van der Waals surface area contributed by atoms with E-state index >= 15 is 0 Å². The van der Waals surface area contributed by atoms with E-state index < -0.39 is 15.9 Å². The van der Waals surface area contributed by atoms with Gasteiger partial charge < -0.3 is 5.32 Å². The number of amides is 1. The Bertz CT molecular complexity index is 1220. The summed E-state index contributed by atoms with van der Waals surface area (Å²) in [7, 11) is -3.90. The fraction of sp³-hybridized carbons (Fsp3) is 0.136. The fourth-order valence-corrected chi connectivity index (χ4v) is 4.84. The lowest BCUT2D eigenvalue weighted by molar-refractivity contribution is 0.102. The van der Waals surface area contributed by atoms with E-state index in [4.69, 9.17) is 23.2 Å². The van der Waals surface area contributed by atoms with Crippen molar-refractivity contribution in [2.45, 2.75) is 25.7 Å². The molecule has 0 unspecified atom stereocenters. The van der Waals surface area contributed by atoms with Crippen molar-refractivity contribution < 1.29 is 13.2 Å². The number of carbonyl (C=O) groups excluding carboxylic acids is 1. The first-order valence-electron chi connectivity index (χ1n) is 9.04. The molecule has 5 nitrogen and oxygen atoms in total. The van der Waals surface area contributed by atoms with Crippen LogP contribution in [-0.4, -0.2) is 14.3 Å². The van der Waals surface area contributed by atoms with Crippen LogP contribution in [0, 0.1) is 20.8 Å². The molecule has 0 bridgehead atoms. The van der Waals surface area contributed by atoms with Gasteiger partial charge in [0.25, 0.3) is 15.9 Å². The van der Waals surface area contributed by atoms with E-state index in [1.54, 1.807) is 49.4 Å². The second kappa shape index (κ2) is 8.68. The number of anilines is 2. The highest BCUT2D eigenvalue weighted by Gasteiger charge is 2.20. The third-order valence-corrected chi connectivity index (χ3v) is 6.65. The summed E-state index contributed by atoms with van der Waals surface area (Å²) >= 11 is 11.9. The average Bonchev–Trinajstić information content (AvgIpc) is 2.64. The maximum atomic E-state index is 13.0. The molecule has 156 valence electrons. The second-order valence-electron chi connectivity index (χ2n) is 6.95. The van der Waals surface area contributed by atoms with Gasteiger partial charge in [-0.2, -0.15) is 0 Å². The van der Waals surface area contributed by atoms with Crippen LogP contribution in [0.1, 0.15) is 27.0 Å². The fourth-order valence-electron chi connectivity index (χ4n) is 2.92. The molecule has 30 heavy (non-hydrogen) atoms. The molecule has 0 radical (unpaired) electrons. The van der Waals surface area contributed by atoms with Gasteiger partial charge in [0.15, 0.2) is 0 Å². The predicted octanol–water partition coefficient (Wildman–Crippen LogP) is 5.97. The minimum absolute atomic E-state index is 0.0279. The number of carbonyl (C=O) groups is 1. The molecule has 2 N–H and O–H groups in total. The Hall–Kier alpha value is -2.54. The Balaban J connectivity index is 1.92. The van der Waals surface area contributed by atoms with Gasteiger partial charge in [0.05, 0.1) is 10.6 Å². The summed E-state index contributed by atoms with van der Waals surface area (Å²) in [5.41, 5.74) is 3.44. The van der Waals surface area contributed by atoms with Gasteiger partial charge >= 0.3 is 0 Å². The molecule has 3 aromatic rings. The molecule has 0 aliphatic carbocycles. The highest BCUT2D eigenvalue weighted by Crippen LogP contribution is 2.26. The summed E-state index contributed by atoms with van der Waals surface area (Å²) in [5.74, 6) is -0.475. The molecule has 8 heteroatoms. The van der Waals surface area contributed by atoms with Gasteiger partial charge in [0.2, 0.25) is 0 Å². The lowest BCUT2D eigenvalue weighted by Crippen LogP contribution is -2.17.